The van der Waals surface area contributed by atoms with Gasteiger partial charge < -0.3 is 10.1 Å². The van der Waals surface area contributed by atoms with Crippen LogP contribution in [0.5, 0.6) is 0 Å². The van der Waals surface area contributed by atoms with Crippen molar-refractivity contribution in [3.8, 4) is 0 Å². The average molecular weight is 195 g/mol. The highest BCUT2D eigenvalue weighted by Gasteiger charge is 2.25. The van der Waals surface area contributed by atoms with Gasteiger partial charge in [0.2, 0.25) is 0 Å². The predicted molar refractivity (Wildman–Crippen MR) is 53.9 cm³/mol. The van der Waals surface area contributed by atoms with Crippen LogP contribution >= 0.6 is 0 Å². The van der Waals surface area contributed by atoms with Gasteiger partial charge in [0.15, 0.2) is 0 Å². The van der Waals surface area contributed by atoms with Crippen LogP contribution in [-0.2, 0) is 4.74 Å². The summed E-state index contributed by atoms with van der Waals surface area (Å²) >= 11 is 0. The van der Waals surface area contributed by atoms with E-state index in [1.54, 1.807) is 13.2 Å². The van der Waals surface area contributed by atoms with Crippen molar-refractivity contribution < 1.29 is 9.13 Å². The number of fused-ring (bicyclic) bond motifs is 1. The van der Waals surface area contributed by atoms with Crippen LogP contribution in [0.15, 0.2) is 18.2 Å². The van der Waals surface area contributed by atoms with E-state index in [1.165, 1.54) is 6.07 Å². The Morgan fingerprint density at radius 3 is 3.00 bits per heavy atom. The van der Waals surface area contributed by atoms with Crippen molar-refractivity contribution in [1.29, 1.82) is 0 Å². The number of methoxy groups -OCH3 is 1. The maximum atomic E-state index is 13.4. The molecule has 3 heteroatoms. The predicted octanol–water partition coefficient (Wildman–Crippen LogP) is 2.72. The fraction of sp³-hybridized carbons (Fsp3) is 0.455. The molecule has 2 rings (SSSR count). The Bertz CT molecular complexity index is 340. The van der Waals surface area contributed by atoms with Crippen LogP contribution in [0.4, 0.5) is 10.1 Å². The molecule has 1 aliphatic rings. The molecule has 1 heterocycles. The molecular formula is C11H14FNO. The highest BCUT2D eigenvalue weighted by molar-refractivity contribution is 5.56. The van der Waals surface area contributed by atoms with E-state index in [0.717, 1.165) is 12.0 Å². The first-order valence-corrected chi connectivity index (χ1v) is 4.80. The van der Waals surface area contributed by atoms with Gasteiger partial charge in [-0.1, -0.05) is 12.1 Å². The fourth-order valence-electron chi connectivity index (χ4n) is 1.94. The molecule has 1 aromatic carbocycles. The third-order valence-corrected chi connectivity index (χ3v) is 2.64. The molecule has 76 valence electrons. The zero-order valence-corrected chi connectivity index (χ0v) is 8.38. The number of nitrogens with one attached hydrogen (secondary N) is 1. The summed E-state index contributed by atoms with van der Waals surface area (Å²) in [6, 6.07) is 5.35. The number of rotatable bonds is 1. The summed E-state index contributed by atoms with van der Waals surface area (Å²) < 4.78 is 18.8. The van der Waals surface area contributed by atoms with Crippen LogP contribution in [-0.4, -0.2) is 13.2 Å². The topological polar surface area (TPSA) is 21.3 Å². The molecule has 0 bridgehead atoms. The number of anilines is 1. The van der Waals surface area contributed by atoms with E-state index < -0.39 is 0 Å². The van der Waals surface area contributed by atoms with E-state index in [4.69, 9.17) is 4.74 Å². The lowest BCUT2D eigenvalue weighted by molar-refractivity contribution is 0.0890. The smallest absolute Gasteiger partial charge is 0.146 e. The molecule has 0 spiro atoms. The van der Waals surface area contributed by atoms with Crippen LogP contribution < -0.4 is 5.32 Å². The first kappa shape index (κ1) is 9.46. The highest BCUT2D eigenvalue weighted by atomic mass is 19.1. The molecule has 0 saturated heterocycles. The maximum absolute atomic E-state index is 13.4. The van der Waals surface area contributed by atoms with Crippen molar-refractivity contribution in [2.45, 2.75) is 25.5 Å². The van der Waals surface area contributed by atoms with E-state index in [-0.39, 0.29) is 18.0 Å². The fourth-order valence-corrected chi connectivity index (χ4v) is 1.94. The van der Waals surface area contributed by atoms with Gasteiger partial charge in [0.1, 0.15) is 5.82 Å². The van der Waals surface area contributed by atoms with Gasteiger partial charge in [0.25, 0.3) is 0 Å². The van der Waals surface area contributed by atoms with Gasteiger partial charge in [-0.15, -0.1) is 0 Å². The summed E-state index contributed by atoms with van der Waals surface area (Å²) in [6.45, 7) is 2.03. The third kappa shape index (κ3) is 1.48. The molecule has 2 unspecified atom stereocenters. The quantitative estimate of drug-likeness (QED) is 0.744. The van der Waals surface area contributed by atoms with Crippen molar-refractivity contribution in [3.05, 3.63) is 29.6 Å². The van der Waals surface area contributed by atoms with Crippen molar-refractivity contribution in [1.82, 2.24) is 0 Å². The van der Waals surface area contributed by atoms with Crippen LogP contribution in [0.1, 0.15) is 25.0 Å². The molecule has 0 saturated carbocycles. The molecule has 2 nitrogen and oxygen atoms in total. The molecule has 0 amide bonds. The molecule has 0 aromatic heterocycles. The Morgan fingerprint density at radius 2 is 2.29 bits per heavy atom. The number of ether oxygens (including phenoxy) is 1. The van der Waals surface area contributed by atoms with Crippen LogP contribution in [0.25, 0.3) is 0 Å². The highest BCUT2D eigenvalue weighted by Crippen LogP contribution is 2.35. The zero-order valence-electron chi connectivity index (χ0n) is 8.38. The van der Waals surface area contributed by atoms with Crippen molar-refractivity contribution in [2.75, 3.05) is 12.4 Å². The van der Waals surface area contributed by atoms with Gasteiger partial charge in [-0.25, -0.2) is 4.39 Å². The number of benzene rings is 1. The first-order chi connectivity index (χ1) is 6.72. The minimum atomic E-state index is -0.198. The lowest BCUT2D eigenvalue weighted by atomic mass is 9.96. The average Bonchev–Trinajstić information content (AvgIpc) is 2.18. The van der Waals surface area contributed by atoms with Crippen molar-refractivity contribution in [2.24, 2.45) is 0 Å². The molecule has 2 atom stereocenters. The van der Waals surface area contributed by atoms with E-state index in [9.17, 15) is 4.39 Å². The molecular weight excluding hydrogens is 181 g/mol. The van der Waals surface area contributed by atoms with Gasteiger partial charge >= 0.3 is 0 Å². The maximum Gasteiger partial charge on any atom is 0.146 e. The first-order valence-electron chi connectivity index (χ1n) is 4.80. The molecule has 1 aliphatic heterocycles. The summed E-state index contributed by atoms with van der Waals surface area (Å²) in [5.41, 5.74) is 1.52. The number of hydrogen-bond acceptors (Lipinski definition) is 2. The Balaban J connectivity index is 2.45. The minimum absolute atomic E-state index is 0.0111. The summed E-state index contributed by atoms with van der Waals surface area (Å²) in [7, 11) is 1.66. The molecule has 0 fully saturated rings. The largest absolute Gasteiger partial charge is 0.380 e. The lowest BCUT2D eigenvalue weighted by Gasteiger charge is -2.30. The third-order valence-electron chi connectivity index (χ3n) is 2.64. The summed E-state index contributed by atoms with van der Waals surface area (Å²) in [5.74, 6) is -0.198. The van der Waals surface area contributed by atoms with Gasteiger partial charge in [-0.05, 0) is 19.4 Å². The normalized spacial score (nSPS) is 25.4. The summed E-state index contributed by atoms with van der Waals surface area (Å²) in [4.78, 5) is 0. The van der Waals surface area contributed by atoms with E-state index in [1.807, 2.05) is 13.0 Å². The van der Waals surface area contributed by atoms with Gasteiger partial charge in [0, 0.05) is 18.7 Å². The summed E-state index contributed by atoms with van der Waals surface area (Å²) in [5, 5.41) is 3.14. The van der Waals surface area contributed by atoms with Gasteiger partial charge in [-0.2, -0.15) is 0 Å². The SMILES string of the molecule is COC1CC(C)Nc2c(F)cccc21. The van der Waals surface area contributed by atoms with E-state index >= 15 is 0 Å². The number of para-hydroxylation sites is 1. The Morgan fingerprint density at radius 1 is 1.50 bits per heavy atom. The Hall–Kier alpha value is -1.09. The van der Waals surface area contributed by atoms with Crippen LogP contribution in [0.3, 0.4) is 0 Å². The molecule has 1 aromatic rings. The zero-order chi connectivity index (χ0) is 10.1. The molecule has 1 N–H and O–H groups in total. The second kappa shape index (κ2) is 3.58. The molecule has 0 radical (unpaired) electrons. The second-order valence-electron chi connectivity index (χ2n) is 3.71. The summed E-state index contributed by atoms with van der Waals surface area (Å²) in [6.07, 6.45) is 0.893. The molecule has 14 heavy (non-hydrogen) atoms. The van der Waals surface area contributed by atoms with Gasteiger partial charge in [0.05, 0.1) is 11.8 Å². The number of halogens is 1. The van der Waals surface area contributed by atoms with E-state index in [0.29, 0.717) is 5.69 Å². The van der Waals surface area contributed by atoms with Crippen molar-refractivity contribution >= 4 is 5.69 Å². The minimum Gasteiger partial charge on any atom is -0.380 e. The standard InChI is InChI=1S/C11H14FNO/c1-7-6-10(14-2)8-4-3-5-9(12)11(8)13-7/h3-5,7,10,13H,6H2,1-2H3. The lowest BCUT2D eigenvalue weighted by Crippen LogP contribution is -2.26. The number of hydrogen-bond donors (Lipinski definition) is 1. The van der Waals surface area contributed by atoms with E-state index in [2.05, 4.69) is 5.32 Å². The molecule has 0 aliphatic carbocycles. The van der Waals surface area contributed by atoms with Gasteiger partial charge in [-0.3, -0.25) is 0 Å². The second-order valence-corrected chi connectivity index (χ2v) is 3.71. The Kier molecular flexibility index (Phi) is 2.42. The monoisotopic (exact) mass is 195 g/mol. The van der Waals surface area contributed by atoms with Crippen molar-refractivity contribution in [3.63, 3.8) is 0 Å². The van der Waals surface area contributed by atoms with Crippen LogP contribution in [0, 0.1) is 5.82 Å². The van der Waals surface area contributed by atoms with Crippen LogP contribution in [0.2, 0.25) is 0 Å². The Labute approximate surface area is 83.1 Å².